The molecule has 0 spiro atoms. The summed E-state index contributed by atoms with van der Waals surface area (Å²) in [5, 5.41) is 7.12. The number of nitrogens with one attached hydrogen (secondary N) is 1. The smallest absolute Gasteiger partial charge is 0.475 e. The number of hydrogen-bond acceptors (Lipinski definition) is 6. The van der Waals surface area contributed by atoms with E-state index in [1.807, 2.05) is 19.1 Å². The predicted molar refractivity (Wildman–Crippen MR) is 96.6 cm³/mol. The Morgan fingerprint density at radius 1 is 1.38 bits per heavy atom. The number of rotatable bonds is 5. The number of aryl methyl sites for hydroxylation is 1. The minimum absolute atomic E-state index is 0.00716. The molecular formula is C17H25F3N2O6S. The van der Waals surface area contributed by atoms with Crippen molar-refractivity contribution >= 4 is 16.0 Å². The Bertz CT molecular complexity index is 795. The van der Waals surface area contributed by atoms with Gasteiger partial charge in [0.05, 0.1) is 25.5 Å². The van der Waals surface area contributed by atoms with E-state index in [9.17, 15) is 21.6 Å². The molecule has 2 N–H and O–H groups in total. The highest BCUT2D eigenvalue weighted by Crippen LogP contribution is 2.34. The van der Waals surface area contributed by atoms with Crippen molar-refractivity contribution < 1.29 is 40.6 Å². The lowest BCUT2D eigenvalue weighted by molar-refractivity contribution is -0.192. The van der Waals surface area contributed by atoms with Gasteiger partial charge in [-0.15, -0.1) is 0 Å². The van der Waals surface area contributed by atoms with E-state index in [-0.39, 0.29) is 6.10 Å². The van der Waals surface area contributed by atoms with Crippen LogP contribution in [-0.4, -0.2) is 69.2 Å². The fourth-order valence-corrected chi connectivity index (χ4v) is 4.01. The van der Waals surface area contributed by atoms with Gasteiger partial charge in [0.1, 0.15) is 11.5 Å². The van der Waals surface area contributed by atoms with Gasteiger partial charge in [-0.2, -0.15) is 13.2 Å². The van der Waals surface area contributed by atoms with Crippen LogP contribution < -0.4 is 4.72 Å². The molecule has 2 aliphatic heterocycles. The fourth-order valence-electron chi connectivity index (χ4n) is 3.54. The Morgan fingerprint density at radius 3 is 2.55 bits per heavy atom. The van der Waals surface area contributed by atoms with Gasteiger partial charge in [-0.1, -0.05) is 0 Å². The van der Waals surface area contributed by atoms with Crippen molar-refractivity contribution in [2.75, 3.05) is 32.5 Å². The van der Waals surface area contributed by atoms with Gasteiger partial charge in [0.15, 0.2) is 0 Å². The Kier molecular flexibility index (Phi) is 7.71. The van der Waals surface area contributed by atoms with E-state index in [2.05, 4.69) is 9.62 Å². The van der Waals surface area contributed by atoms with E-state index in [0.29, 0.717) is 25.0 Å². The second-order valence-corrected chi connectivity index (χ2v) is 9.09. The first-order valence-corrected chi connectivity index (χ1v) is 10.9. The molecule has 8 nitrogen and oxygen atoms in total. The van der Waals surface area contributed by atoms with Gasteiger partial charge in [-0.05, 0) is 37.9 Å². The molecule has 0 saturated carbocycles. The monoisotopic (exact) mass is 442 g/mol. The zero-order valence-corrected chi connectivity index (χ0v) is 16.9. The molecule has 0 aliphatic carbocycles. The minimum Gasteiger partial charge on any atom is -0.475 e. The Morgan fingerprint density at radius 2 is 2.03 bits per heavy atom. The fraction of sp³-hybridized carbons (Fsp3) is 0.706. The lowest BCUT2D eigenvalue weighted by atomic mass is 9.84. The summed E-state index contributed by atoms with van der Waals surface area (Å²) in [4.78, 5) is 11.3. The van der Waals surface area contributed by atoms with Crippen LogP contribution in [0, 0.1) is 18.8 Å². The number of carboxylic acids is 1. The maximum absolute atomic E-state index is 11.2. The van der Waals surface area contributed by atoms with Gasteiger partial charge in [0, 0.05) is 19.0 Å². The standard InChI is InChI=1S/C15H24N2O4S.C2HF3O2/c1-11-3-4-13(21-11)9-17-6-5-14-12(8-17)10-20-15(14)7-16-22(2,18)19;3-2(4,5)1(6)7/h3-4,12,14-16H,5-10H2,1-2H3;(H,6,7)/t12-,14-,15-;/m1./s1. The number of fused-ring (bicyclic) bond motifs is 1. The van der Waals surface area contributed by atoms with E-state index in [0.717, 1.165) is 37.6 Å². The summed E-state index contributed by atoms with van der Waals surface area (Å²) in [6.07, 6.45) is -2.85. The Balaban J connectivity index is 0.000000370. The molecule has 0 radical (unpaired) electrons. The molecule has 29 heavy (non-hydrogen) atoms. The van der Waals surface area contributed by atoms with Crippen molar-refractivity contribution in [3.05, 3.63) is 23.7 Å². The molecule has 1 aromatic heterocycles. The van der Waals surface area contributed by atoms with Crippen molar-refractivity contribution in [1.82, 2.24) is 9.62 Å². The number of hydrogen-bond donors (Lipinski definition) is 2. The third-order valence-corrected chi connectivity index (χ3v) is 5.53. The molecule has 0 amide bonds. The summed E-state index contributed by atoms with van der Waals surface area (Å²) in [6.45, 7) is 5.88. The lowest BCUT2D eigenvalue weighted by Crippen LogP contribution is -2.43. The largest absolute Gasteiger partial charge is 0.490 e. The number of carbonyl (C=O) groups is 1. The maximum atomic E-state index is 11.2. The third kappa shape index (κ3) is 7.61. The highest BCUT2D eigenvalue weighted by Gasteiger charge is 2.41. The first kappa shape index (κ1) is 23.6. The van der Waals surface area contributed by atoms with Crippen molar-refractivity contribution in [3.63, 3.8) is 0 Å². The van der Waals surface area contributed by atoms with Crippen LogP contribution in [0.1, 0.15) is 17.9 Å². The molecule has 3 rings (SSSR count). The van der Waals surface area contributed by atoms with Gasteiger partial charge in [0.25, 0.3) is 0 Å². The predicted octanol–water partition coefficient (Wildman–Crippen LogP) is 1.61. The Hall–Kier alpha value is -1.63. The second-order valence-electron chi connectivity index (χ2n) is 7.26. The van der Waals surface area contributed by atoms with Crippen LogP contribution in [0.25, 0.3) is 0 Å². The van der Waals surface area contributed by atoms with Crippen LogP contribution in [0.15, 0.2) is 16.5 Å². The van der Waals surface area contributed by atoms with E-state index in [1.54, 1.807) is 0 Å². The van der Waals surface area contributed by atoms with Crippen molar-refractivity contribution in [1.29, 1.82) is 0 Å². The number of sulfonamides is 1. The molecule has 0 unspecified atom stereocenters. The second kappa shape index (κ2) is 9.45. The summed E-state index contributed by atoms with van der Waals surface area (Å²) in [6, 6.07) is 4.03. The number of piperidine rings is 1. The number of aliphatic carboxylic acids is 1. The molecule has 2 saturated heterocycles. The van der Waals surface area contributed by atoms with Crippen LogP contribution in [-0.2, 0) is 26.1 Å². The number of ether oxygens (including phenoxy) is 1. The summed E-state index contributed by atoms with van der Waals surface area (Å²) >= 11 is 0. The molecule has 12 heteroatoms. The van der Waals surface area contributed by atoms with Crippen molar-refractivity contribution in [2.45, 2.75) is 32.2 Å². The van der Waals surface area contributed by atoms with Gasteiger partial charge in [0.2, 0.25) is 10.0 Å². The number of likely N-dealkylation sites (tertiary alicyclic amines) is 1. The topological polar surface area (TPSA) is 109 Å². The number of alkyl halides is 3. The quantitative estimate of drug-likeness (QED) is 0.713. The summed E-state index contributed by atoms with van der Waals surface area (Å²) in [7, 11) is -3.15. The van der Waals surface area contributed by atoms with E-state index in [1.165, 1.54) is 6.26 Å². The number of halogens is 3. The molecule has 2 fully saturated rings. The third-order valence-electron chi connectivity index (χ3n) is 4.84. The van der Waals surface area contributed by atoms with Gasteiger partial charge >= 0.3 is 12.1 Å². The van der Waals surface area contributed by atoms with Gasteiger partial charge in [-0.3, -0.25) is 4.90 Å². The average molecular weight is 442 g/mol. The lowest BCUT2D eigenvalue weighted by Gasteiger charge is -2.35. The molecule has 3 heterocycles. The molecule has 0 aromatic carbocycles. The molecular weight excluding hydrogens is 417 g/mol. The van der Waals surface area contributed by atoms with Gasteiger partial charge in [-0.25, -0.2) is 17.9 Å². The number of furan rings is 1. The highest BCUT2D eigenvalue weighted by molar-refractivity contribution is 7.88. The van der Waals surface area contributed by atoms with Crippen LogP contribution in [0.5, 0.6) is 0 Å². The molecule has 166 valence electrons. The van der Waals surface area contributed by atoms with Gasteiger partial charge < -0.3 is 14.3 Å². The SMILES string of the molecule is Cc1ccc(CN2CC[C@@H]3[C@@H](CO[C@@H]3CNS(C)(=O)=O)C2)o1.O=C(O)C(F)(F)F. The van der Waals surface area contributed by atoms with Crippen molar-refractivity contribution in [2.24, 2.45) is 11.8 Å². The normalized spacial score (nSPS) is 25.2. The van der Waals surface area contributed by atoms with E-state index >= 15 is 0 Å². The number of carboxylic acid groups (broad SMARTS) is 1. The summed E-state index contributed by atoms with van der Waals surface area (Å²) in [5.74, 6) is 0.124. The van der Waals surface area contributed by atoms with Crippen molar-refractivity contribution in [3.8, 4) is 0 Å². The van der Waals surface area contributed by atoms with Crippen LogP contribution >= 0.6 is 0 Å². The maximum Gasteiger partial charge on any atom is 0.490 e. The number of nitrogens with zero attached hydrogens (tertiary/aromatic N) is 1. The molecule has 0 bridgehead atoms. The first-order valence-electron chi connectivity index (χ1n) is 8.99. The minimum atomic E-state index is -5.08. The van der Waals surface area contributed by atoms with Crippen LogP contribution in [0.3, 0.4) is 0 Å². The Labute approximate surface area is 167 Å². The van der Waals surface area contributed by atoms with E-state index in [4.69, 9.17) is 19.1 Å². The molecule has 3 atom stereocenters. The molecule has 1 aromatic rings. The highest BCUT2D eigenvalue weighted by atomic mass is 32.2. The van der Waals surface area contributed by atoms with E-state index < -0.39 is 22.2 Å². The molecule has 2 aliphatic rings. The van der Waals surface area contributed by atoms with Crippen LogP contribution in [0.2, 0.25) is 0 Å². The van der Waals surface area contributed by atoms with Crippen LogP contribution in [0.4, 0.5) is 13.2 Å². The first-order chi connectivity index (χ1) is 13.3. The summed E-state index contributed by atoms with van der Waals surface area (Å²) in [5.41, 5.74) is 0. The zero-order valence-electron chi connectivity index (χ0n) is 16.1. The average Bonchev–Trinajstić information content (AvgIpc) is 3.17. The summed E-state index contributed by atoms with van der Waals surface area (Å²) < 4.78 is 68.2. The zero-order chi connectivity index (χ0) is 21.8.